The molecule has 1 aliphatic carbocycles. The fourth-order valence-electron chi connectivity index (χ4n) is 3.20. The van der Waals surface area contributed by atoms with E-state index >= 15 is 0 Å². The first-order valence-electron chi connectivity index (χ1n) is 8.44. The maximum Gasteiger partial charge on any atom is 0.272 e. The topological polar surface area (TPSA) is 82.6 Å². The van der Waals surface area contributed by atoms with Gasteiger partial charge in [-0.25, -0.2) is 4.98 Å². The highest BCUT2D eigenvalue weighted by atomic mass is 16.2. The van der Waals surface area contributed by atoms with Gasteiger partial charge in [0.15, 0.2) is 0 Å². The maximum absolute atomic E-state index is 12.5. The van der Waals surface area contributed by atoms with Crippen LogP contribution < -0.4 is 5.32 Å². The van der Waals surface area contributed by atoms with Gasteiger partial charge in [0.25, 0.3) is 11.8 Å². The molecule has 7 nitrogen and oxygen atoms in total. The van der Waals surface area contributed by atoms with E-state index in [2.05, 4.69) is 10.3 Å². The predicted molar refractivity (Wildman–Crippen MR) is 87.5 cm³/mol. The van der Waals surface area contributed by atoms with Crippen LogP contribution in [-0.4, -0.2) is 65.2 Å². The molecule has 1 saturated heterocycles. The van der Waals surface area contributed by atoms with Gasteiger partial charge in [-0.1, -0.05) is 18.9 Å². The average molecular weight is 330 g/mol. The molecule has 3 amide bonds. The van der Waals surface area contributed by atoms with Crippen LogP contribution in [0.15, 0.2) is 18.2 Å². The Hall–Kier alpha value is -2.44. The van der Waals surface area contributed by atoms with Crippen LogP contribution in [0.4, 0.5) is 0 Å². The fraction of sp³-hybridized carbons (Fsp3) is 0.529. The molecule has 1 aromatic rings. The van der Waals surface area contributed by atoms with Gasteiger partial charge in [0, 0.05) is 32.2 Å². The highest BCUT2D eigenvalue weighted by molar-refractivity contribution is 5.96. The number of carbonyl (C=O) groups is 3. The molecular weight excluding hydrogens is 308 g/mol. The summed E-state index contributed by atoms with van der Waals surface area (Å²) in [6.45, 7) is 2.02. The first kappa shape index (κ1) is 16.4. The van der Waals surface area contributed by atoms with Crippen LogP contribution in [0, 0.1) is 0 Å². The molecule has 3 rings (SSSR count). The summed E-state index contributed by atoms with van der Waals surface area (Å²) in [5, 5.41) is 2.98. The molecule has 1 aliphatic heterocycles. The summed E-state index contributed by atoms with van der Waals surface area (Å²) in [4.78, 5) is 43.1. The van der Waals surface area contributed by atoms with Gasteiger partial charge in [0.05, 0.1) is 0 Å². The smallest absolute Gasteiger partial charge is 0.272 e. The van der Waals surface area contributed by atoms with Crippen molar-refractivity contribution in [3.63, 3.8) is 0 Å². The van der Waals surface area contributed by atoms with Crippen molar-refractivity contribution in [3.8, 4) is 0 Å². The Bertz CT molecular complexity index is 620. The zero-order valence-electron chi connectivity index (χ0n) is 13.6. The fourth-order valence-corrected chi connectivity index (χ4v) is 3.20. The molecule has 1 aromatic heterocycles. The third-order valence-electron chi connectivity index (χ3n) is 4.64. The van der Waals surface area contributed by atoms with Gasteiger partial charge in [0.1, 0.15) is 11.4 Å². The summed E-state index contributed by atoms with van der Waals surface area (Å²) >= 11 is 0. The van der Waals surface area contributed by atoms with E-state index in [9.17, 15) is 14.4 Å². The molecule has 0 radical (unpaired) electrons. The van der Waals surface area contributed by atoms with Gasteiger partial charge in [-0.2, -0.15) is 0 Å². The molecule has 1 N–H and O–H groups in total. The molecule has 0 unspecified atom stereocenters. The zero-order valence-corrected chi connectivity index (χ0v) is 13.6. The second kappa shape index (κ2) is 7.42. The average Bonchev–Trinajstić information content (AvgIpc) is 3.14. The molecule has 7 heteroatoms. The summed E-state index contributed by atoms with van der Waals surface area (Å²) in [6.07, 6.45) is 5.10. The van der Waals surface area contributed by atoms with E-state index in [0.29, 0.717) is 26.2 Å². The Morgan fingerprint density at radius 2 is 1.75 bits per heavy atom. The Morgan fingerprint density at radius 1 is 1.08 bits per heavy atom. The number of rotatable bonds is 4. The van der Waals surface area contributed by atoms with Crippen molar-refractivity contribution >= 4 is 18.2 Å². The van der Waals surface area contributed by atoms with E-state index in [1.165, 1.54) is 0 Å². The van der Waals surface area contributed by atoms with Crippen LogP contribution in [0.2, 0.25) is 0 Å². The van der Waals surface area contributed by atoms with Crippen LogP contribution in [0.25, 0.3) is 0 Å². The van der Waals surface area contributed by atoms with Gasteiger partial charge < -0.3 is 15.1 Å². The van der Waals surface area contributed by atoms with Gasteiger partial charge in [-0.15, -0.1) is 0 Å². The number of amides is 3. The summed E-state index contributed by atoms with van der Waals surface area (Å²) in [5.74, 6) is -0.418. The van der Waals surface area contributed by atoms with Crippen molar-refractivity contribution in [2.75, 3.05) is 26.2 Å². The Balaban J connectivity index is 1.64. The van der Waals surface area contributed by atoms with E-state index in [-0.39, 0.29) is 29.2 Å². The molecule has 24 heavy (non-hydrogen) atoms. The second-order valence-corrected chi connectivity index (χ2v) is 6.30. The third kappa shape index (κ3) is 3.72. The third-order valence-corrected chi connectivity index (χ3v) is 4.64. The van der Waals surface area contributed by atoms with E-state index in [4.69, 9.17) is 0 Å². The van der Waals surface area contributed by atoms with Crippen LogP contribution in [0.1, 0.15) is 46.7 Å². The Morgan fingerprint density at radius 3 is 2.42 bits per heavy atom. The van der Waals surface area contributed by atoms with Gasteiger partial charge >= 0.3 is 0 Å². The van der Waals surface area contributed by atoms with E-state index in [1.807, 2.05) is 0 Å². The Kier molecular flexibility index (Phi) is 5.08. The van der Waals surface area contributed by atoms with Crippen LogP contribution in [0.5, 0.6) is 0 Å². The molecule has 128 valence electrons. The summed E-state index contributed by atoms with van der Waals surface area (Å²) < 4.78 is 0. The van der Waals surface area contributed by atoms with Crippen molar-refractivity contribution in [1.29, 1.82) is 0 Å². The minimum absolute atomic E-state index is 0.198. The first-order valence-corrected chi connectivity index (χ1v) is 8.44. The number of piperazine rings is 1. The minimum atomic E-state index is -0.220. The van der Waals surface area contributed by atoms with Crippen LogP contribution >= 0.6 is 0 Å². The van der Waals surface area contributed by atoms with Crippen LogP contribution in [0.3, 0.4) is 0 Å². The zero-order chi connectivity index (χ0) is 16.9. The molecule has 0 bridgehead atoms. The van der Waals surface area contributed by atoms with Gasteiger partial charge in [0.2, 0.25) is 6.41 Å². The monoisotopic (exact) mass is 330 g/mol. The second-order valence-electron chi connectivity index (χ2n) is 6.30. The van der Waals surface area contributed by atoms with E-state index < -0.39 is 0 Å². The molecule has 2 aliphatic rings. The lowest BCUT2D eigenvalue weighted by Crippen LogP contribution is -2.48. The van der Waals surface area contributed by atoms with Crippen molar-refractivity contribution in [2.24, 2.45) is 0 Å². The SMILES string of the molecule is O=CN1CCN(C(=O)c2cccc(C(=O)NC3CCCC3)n2)CC1. The standard InChI is InChI=1S/C17H22N4O3/c22-12-20-8-10-21(11-9-20)17(24)15-7-3-6-14(19-15)16(23)18-13-4-1-2-5-13/h3,6-7,12-13H,1-2,4-5,8-11H2,(H,18,23). The van der Waals surface area contributed by atoms with Crippen molar-refractivity contribution < 1.29 is 14.4 Å². The number of aromatic nitrogens is 1. The lowest BCUT2D eigenvalue weighted by atomic mass is 10.2. The van der Waals surface area contributed by atoms with Crippen molar-refractivity contribution in [1.82, 2.24) is 20.1 Å². The number of hydrogen-bond donors (Lipinski definition) is 1. The molecule has 2 heterocycles. The number of nitrogens with zero attached hydrogens (tertiary/aromatic N) is 3. The molecule has 2 fully saturated rings. The quantitative estimate of drug-likeness (QED) is 0.823. The summed E-state index contributed by atoms with van der Waals surface area (Å²) in [6, 6.07) is 5.16. The van der Waals surface area contributed by atoms with Gasteiger partial charge in [-0.3, -0.25) is 14.4 Å². The van der Waals surface area contributed by atoms with E-state index in [0.717, 1.165) is 32.1 Å². The minimum Gasteiger partial charge on any atom is -0.348 e. The molecule has 0 aromatic carbocycles. The summed E-state index contributed by atoms with van der Waals surface area (Å²) in [7, 11) is 0. The largest absolute Gasteiger partial charge is 0.348 e. The van der Waals surface area contributed by atoms with Crippen molar-refractivity contribution in [2.45, 2.75) is 31.7 Å². The first-order chi connectivity index (χ1) is 11.7. The number of pyridine rings is 1. The number of carbonyl (C=O) groups excluding carboxylic acids is 3. The highest BCUT2D eigenvalue weighted by Crippen LogP contribution is 2.18. The van der Waals surface area contributed by atoms with E-state index in [1.54, 1.807) is 28.0 Å². The van der Waals surface area contributed by atoms with Crippen LogP contribution in [-0.2, 0) is 4.79 Å². The molecular formula is C17H22N4O3. The number of nitrogens with one attached hydrogen (secondary N) is 1. The molecule has 0 spiro atoms. The molecule has 0 atom stereocenters. The maximum atomic E-state index is 12.5. The van der Waals surface area contributed by atoms with Gasteiger partial charge in [-0.05, 0) is 25.0 Å². The summed E-state index contributed by atoms with van der Waals surface area (Å²) in [5.41, 5.74) is 0.549. The molecule has 1 saturated carbocycles. The lowest BCUT2D eigenvalue weighted by molar-refractivity contribution is -0.119. The predicted octanol–water partition coefficient (Wildman–Crippen LogP) is 0.668. The normalized spacial score (nSPS) is 18.5. The Labute approximate surface area is 141 Å². The van der Waals surface area contributed by atoms with Crippen molar-refractivity contribution in [3.05, 3.63) is 29.6 Å². The highest BCUT2D eigenvalue weighted by Gasteiger charge is 2.24. The lowest BCUT2D eigenvalue weighted by Gasteiger charge is -2.32. The number of hydrogen-bond acceptors (Lipinski definition) is 4.